The van der Waals surface area contributed by atoms with Crippen LogP contribution in [0.4, 0.5) is 13.2 Å². The van der Waals surface area contributed by atoms with Crippen LogP contribution in [0, 0.1) is 0 Å². The van der Waals surface area contributed by atoms with Gasteiger partial charge in [-0.3, -0.25) is 0 Å². The van der Waals surface area contributed by atoms with Crippen LogP contribution in [0.25, 0.3) is 0 Å². The molecule has 0 saturated carbocycles. The number of imidazole rings is 1. The molecular weight excluding hydrogens is 207 g/mol. The molecular formula is C9H12F3N3. The van der Waals surface area contributed by atoms with Crippen molar-refractivity contribution in [2.24, 2.45) is 0 Å². The molecule has 3 nitrogen and oxygen atoms in total. The quantitative estimate of drug-likeness (QED) is 0.794. The molecule has 0 aromatic carbocycles. The first kappa shape index (κ1) is 10.5. The summed E-state index contributed by atoms with van der Waals surface area (Å²) in [6.07, 6.45) is -4.03. The average Bonchev–Trinajstić information content (AvgIpc) is 2.44. The van der Waals surface area contributed by atoms with Crippen LogP contribution in [-0.4, -0.2) is 23.1 Å². The number of aromatic nitrogens is 2. The molecule has 6 heteroatoms. The Balaban J connectivity index is 2.32. The number of nitrogens with one attached hydrogen (secondary N) is 2. The first-order valence-electron chi connectivity index (χ1n) is 4.89. The fourth-order valence-electron chi connectivity index (χ4n) is 1.60. The van der Waals surface area contributed by atoms with Crippen LogP contribution in [0.15, 0.2) is 0 Å². The Morgan fingerprint density at radius 1 is 1.40 bits per heavy atom. The van der Waals surface area contributed by atoms with E-state index in [4.69, 9.17) is 0 Å². The van der Waals surface area contributed by atoms with Gasteiger partial charge in [0.25, 0.3) is 0 Å². The summed E-state index contributed by atoms with van der Waals surface area (Å²) in [5.41, 5.74) is -0.573. The van der Waals surface area contributed by atoms with E-state index in [0.29, 0.717) is 25.3 Å². The van der Waals surface area contributed by atoms with Crippen molar-refractivity contribution < 1.29 is 13.2 Å². The minimum atomic E-state index is -4.35. The van der Waals surface area contributed by atoms with Crippen LogP contribution in [0.1, 0.15) is 30.1 Å². The second-order valence-corrected chi connectivity index (χ2v) is 3.66. The van der Waals surface area contributed by atoms with E-state index in [2.05, 4.69) is 15.3 Å². The highest BCUT2D eigenvalue weighted by molar-refractivity contribution is 5.21. The van der Waals surface area contributed by atoms with Gasteiger partial charge in [-0.25, -0.2) is 4.98 Å². The highest BCUT2D eigenvalue weighted by Crippen LogP contribution is 2.32. The summed E-state index contributed by atoms with van der Waals surface area (Å²) in [6.45, 7) is 3.09. The number of aromatic amines is 1. The summed E-state index contributed by atoms with van der Waals surface area (Å²) >= 11 is 0. The van der Waals surface area contributed by atoms with Crippen LogP contribution in [-0.2, 0) is 12.6 Å². The highest BCUT2D eigenvalue weighted by atomic mass is 19.4. The normalized spacial score (nSPS) is 17.9. The van der Waals surface area contributed by atoms with Crippen LogP contribution in [0.3, 0.4) is 0 Å². The van der Waals surface area contributed by atoms with Crippen molar-refractivity contribution >= 4 is 0 Å². The standard InChI is InChI=1S/C9H12F3N3/c1-2-6-7(9(10,11)12)15-8(14-6)5-3-13-4-5/h5,13H,2-4H2,1H3,(H,14,15). The third kappa shape index (κ3) is 1.86. The van der Waals surface area contributed by atoms with E-state index >= 15 is 0 Å². The van der Waals surface area contributed by atoms with E-state index in [1.165, 1.54) is 0 Å². The Kier molecular flexibility index (Phi) is 2.46. The van der Waals surface area contributed by atoms with Crippen LogP contribution < -0.4 is 5.32 Å². The predicted octanol–water partition coefficient (Wildman–Crippen LogP) is 1.68. The van der Waals surface area contributed by atoms with Crippen LogP contribution in [0.5, 0.6) is 0 Å². The van der Waals surface area contributed by atoms with Gasteiger partial charge in [0.15, 0.2) is 5.69 Å². The number of halogens is 3. The average molecular weight is 219 g/mol. The van der Waals surface area contributed by atoms with Gasteiger partial charge in [0.2, 0.25) is 0 Å². The lowest BCUT2D eigenvalue weighted by Gasteiger charge is -2.24. The third-order valence-corrected chi connectivity index (χ3v) is 2.59. The molecule has 84 valence electrons. The monoisotopic (exact) mass is 219 g/mol. The predicted molar refractivity (Wildman–Crippen MR) is 48.6 cm³/mol. The lowest BCUT2D eigenvalue weighted by Crippen LogP contribution is -2.40. The number of rotatable bonds is 2. The molecule has 1 aliphatic heterocycles. The molecule has 15 heavy (non-hydrogen) atoms. The van der Waals surface area contributed by atoms with Gasteiger partial charge < -0.3 is 10.3 Å². The summed E-state index contributed by atoms with van der Waals surface area (Å²) < 4.78 is 37.6. The molecule has 1 aliphatic rings. The maximum Gasteiger partial charge on any atom is 0.435 e. The Morgan fingerprint density at radius 3 is 2.40 bits per heavy atom. The molecule has 0 bridgehead atoms. The molecule has 0 atom stereocenters. The van der Waals surface area contributed by atoms with Gasteiger partial charge in [0.05, 0.1) is 0 Å². The molecule has 2 heterocycles. The molecule has 0 spiro atoms. The van der Waals surface area contributed by atoms with E-state index in [9.17, 15) is 13.2 Å². The maximum absolute atomic E-state index is 12.5. The minimum absolute atomic E-state index is 0.103. The summed E-state index contributed by atoms with van der Waals surface area (Å²) in [5, 5.41) is 3.00. The van der Waals surface area contributed by atoms with E-state index in [0.717, 1.165) is 0 Å². The lowest BCUT2D eigenvalue weighted by atomic mass is 10.0. The van der Waals surface area contributed by atoms with Crippen molar-refractivity contribution in [1.82, 2.24) is 15.3 Å². The van der Waals surface area contributed by atoms with Crippen molar-refractivity contribution in [2.45, 2.75) is 25.4 Å². The van der Waals surface area contributed by atoms with Crippen LogP contribution in [0.2, 0.25) is 0 Å². The Morgan fingerprint density at radius 2 is 2.07 bits per heavy atom. The zero-order chi connectivity index (χ0) is 11.1. The van der Waals surface area contributed by atoms with Crippen molar-refractivity contribution in [3.8, 4) is 0 Å². The summed E-state index contributed by atoms with van der Waals surface area (Å²) in [5.74, 6) is 0.560. The fourth-order valence-corrected chi connectivity index (χ4v) is 1.60. The number of hydrogen-bond donors (Lipinski definition) is 2. The van der Waals surface area contributed by atoms with Gasteiger partial charge in [-0.05, 0) is 6.42 Å². The second-order valence-electron chi connectivity index (χ2n) is 3.66. The molecule has 1 aromatic rings. The van der Waals surface area contributed by atoms with E-state index < -0.39 is 11.9 Å². The van der Waals surface area contributed by atoms with Crippen molar-refractivity contribution in [1.29, 1.82) is 0 Å². The number of aryl methyl sites for hydroxylation is 1. The molecule has 2 rings (SSSR count). The van der Waals surface area contributed by atoms with Crippen molar-refractivity contribution in [2.75, 3.05) is 13.1 Å². The Hall–Kier alpha value is -1.04. The summed E-state index contributed by atoms with van der Waals surface area (Å²) in [7, 11) is 0. The Labute approximate surface area is 85.1 Å². The molecule has 0 aliphatic carbocycles. The number of alkyl halides is 3. The van der Waals surface area contributed by atoms with E-state index in [-0.39, 0.29) is 11.6 Å². The molecule has 0 amide bonds. The molecule has 1 aromatic heterocycles. The van der Waals surface area contributed by atoms with E-state index in [1.807, 2.05) is 0 Å². The molecule has 1 fully saturated rings. The molecule has 2 N–H and O–H groups in total. The van der Waals surface area contributed by atoms with Gasteiger partial charge in [-0.1, -0.05) is 6.92 Å². The first-order valence-corrected chi connectivity index (χ1v) is 4.89. The number of hydrogen-bond acceptors (Lipinski definition) is 2. The van der Waals surface area contributed by atoms with Crippen molar-refractivity contribution in [3.63, 3.8) is 0 Å². The largest absolute Gasteiger partial charge is 0.435 e. The highest BCUT2D eigenvalue weighted by Gasteiger charge is 2.38. The summed E-state index contributed by atoms with van der Waals surface area (Å²) in [6, 6.07) is 0. The van der Waals surface area contributed by atoms with Gasteiger partial charge in [0.1, 0.15) is 5.82 Å². The number of nitrogens with zero attached hydrogens (tertiary/aromatic N) is 1. The van der Waals surface area contributed by atoms with Gasteiger partial charge in [-0.2, -0.15) is 13.2 Å². The minimum Gasteiger partial charge on any atom is -0.345 e. The maximum atomic E-state index is 12.5. The fraction of sp³-hybridized carbons (Fsp3) is 0.667. The van der Waals surface area contributed by atoms with Gasteiger partial charge in [0, 0.05) is 24.7 Å². The topological polar surface area (TPSA) is 40.7 Å². The molecule has 0 radical (unpaired) electrons. The zero-order valence-electron chi connectivity index (χ0n) is 8.28. The smallest absolute Gasteiger partial charge is 0.345 e. The van der Waals surface area contributed by atoms with Crippen LogP contribution >= 0.6 is 0 Å². The van der Waals surface area contributed by atoms with E-state index in [1.54, 1.807) is 6.92 Å². The first-order chi connectivity index (χ1) is 7.02. The van der Waals surface area contributed by atoms with Gasteiger partial charge in [-0.15, -0.1) is 0 Å². The zero-order valence-corrected chi connectivity index (χ0v) is 8.28. The molecule has 0 unspecified atom stereocenters. The molecule has 1 saturated heterocycles. The number of H-pyrrole nitrogens is 1. The Bertz CT molecular complexity index is 352. The van der Waals surface area contributed by atoms with Gasteiger partial charge >= 0.3 is 6.18 Å². The summed E-state index contributed by atoms with van der Waals surface area (Å²) in [4.78, 5) is 6.42. The lowest BCUT2D eigenvalue weighted by molar-refractivity contribution is -0.141. The second kappa shape index (κ2) is 3.52. The third-order valence-electron chi connectivity index (χ3n) is 2.59. The SMILES string of the molecule is CCc1[nH]c(C2CNC2)nc1C(F)(F)F. The van der Waals surface area contributed by atoms with Crippen molar-refractivity contribution in [3.05, 3.63) is 17.2 Å².